The summed E-state index contributed by atoms with van der Waals surface area (Å²) in [7, 11) is -4.38. The normalized spacial score (nSPS) is 13.3. The highest BCUT2D eigenvalue weighted by Gasteiger charge is 2.25. The monoisotopic (exact) mass is 320 g/mol. The van der Waals surface area contributed by atoms with E-state index in [-0.39, 0.29) is 12.0 Å². The van der Waals surface area contributed by atoms with E-state index in [1.807, 2.05) is 13.8 Å². The van der Waals surface area contributed by atoms with E-state index < -0.39 is 38.0 Å². The zero-order valence-corrected chi connectivity index (χ0v) is 12.8. The Morgan fingerprint density at radius 2 is 1.86 bits per heavy atom. The van der Waals surface area contributed by atoms with Crippen molar-refractivity contribution >= 4 is 15.9 Å². The van der Waals surface area contributed by atoms with Crippen LogP contribution in [-0.2, 0) is 10.0 Å². The number of hydrogen-bond donors (Lipinski definition) is 2. The molecule has 1 rings (SSSR count). The van der Waals surface area contributed by atoms with Gasteiger partial charge in [0.05, 0.1) is 0 Å². The molecule has 0 bridgehead atoms. The lowest BCUT2D eigenvalue weighted by molar-refractivity contribution is 0.0927. The van der Waals surface area contributed by atoms with Crippen molar-refractivity contribution in [3.8, 4) is 0 Å². The molecule has 8 heteroatoms. The van der Waals surface area contributed by atoms with Gasteiger partial charge in [-0.1, -0.05) is 13.8 Å². The number of halogens is 2. The number of rotatable bonds is 5. The van der Waals surface area contributed by atoms with Gasteiger partial charge in [0.15, 0.2) is 5.82 Å². The van der Waals surface area contributed by atoms with Gasteiger partial charge in [-0.25, -0.2) is 22.3 Å². The van der Waals surface area contributed by atoms with Crippen LogP contribution in [0.1, 0.15) is 37.6 Å². The lowest BCUT2D eigenvalue weighted by Gasteiger charge is -2.16. The van der Waals surface area contributed by atoms with Crippen LogP contribution in [-0.4, -0.2) is 20.4 Å². The van der Waals surface area contributed by atoms with Gasteiger partial charge in [0.25, 0.3) is 5.91 Å². The summed E-state index contributed by atoms with van der Waals surface area (Å²) in [5.74, 6) is -3.35. The van der Waals surface area contributed by atoms with Crippen molar-refractivity contribution in [1.82, 2.24) is 5.32 Å². The fourth-order valence-corrected chi connectivity index (χ4v) is 2.63. The molecule has 0 spiro atoms. The highest BCUT2D eigenvalue weighted by Crippen LogP contribution is 2.20. The quantitative estimate of drug-likeness (QED) is 0.866. The zero-order valence-electron chi connectivity index (χ0n) is 12.0. The number of nitrogens with one attached hydrogen (secondary N) is 1. The Bertz CT molecular complexity index is 645. The van der Waals surface area contributed by atoms with Crippen LogP contribution >= 0.6 is 0 Å². The minimum absolute atomic E-state index is 0.283. The van der Waals surface area contributed by atoms with Crippen LogP contribution in [0.4, 0.5) is 8.78 Å². The first kappa shape index (κ1) is 17.5. The van der Waals surface area contributed by atoms with Crippen LogP contribution in [0.5, 0.6) is 0 Å². The Labute approximate surface area is 122 Å². The Morgan fingerprint density at radius 1 is 1.29 bits per heavy atom. The molecular formula is C13H18F2N2O3S. The maximum atomic E-state index is 14.0. The summed E-state index contributed by atoms with van der Waals surface area (Å²) in [6.07, 6.45) is 0.615. The topological polar surface area (TPSA) is 89.3 Å². The summed E-state index contributed by atoms with van der Waals surface area (Å²) in [4.78, 5) is 11.0. The Kier molecular flexibility index (Phi) is 5.41. The second-order valence-electron chi connectivity index (χ2n) is 5.28. The molecule has 118 valence electrons. The number of sulfonamides is 1. The number of carbonyl (C=O) groups excluding carboxylic acids is 1. The van der Waals surface area contributed by atoms with Crippen molar-refractivity contribution in [2.45, 2.75) is 38.1 Å². The average molecular weight is 320 g/mol. The van der Waals surface area contributed by atoms with E-state index in [2.05, 4.69) is 5.32 Å². The van der Waals surface area contributed by atoms with Gasteiger partial charge >= 0.3 is 0 Å². The smallest absolute Gasteiger partial charge is 0.257 e. The Hall–Kier alpha value is -1.54. The van der Waals surface area contributed by atoms with E-state index in [4.69, 9.17) is 5.14 Å². The molecule has 0 saturated heterocycles. The van der Waals surface area contributed by atoms with E-state index in [9.17, 15) is 22.0 Å². The predicted molar refractivity (Wildman–Crippen MR) is 74.1 cm³/mol. The Balaban J connectivity index is 3.16. The third kappa shape index (κ3) is 4.47. The van der Waals surface area contributed by atoms with Crippen molar-refractivity contribution in [2.24, 2.45) is 11.1 Å². The summed E-state index contributed by atoms with van der Waals surface area (Å²) in [6.45, 7) is 5.56. The fraction of sp³-hybridized carbons (Fsp3) is 0.462. The van der Waals surface area contributed by atoms with Gasteiger partial charge in [-0.2, -0.15) is 0 Å². The highest BCUT2D eigenvalue weighted by molar-refractivity contribution is 7.89. The van der Waals surface area contributed by atoms with Gasteiger partial charge in [0.1, 0.15) is 16.3 Å². The summed E-state index contributed by atoms with van der Waals surface area (Å²) in [6, 6.07) is 1.08. The lowest BCUT2D eigenvalue weighted by atomic mass is 10.0. The molecule has 1 amide bonds. The van der Waals surface area contributed by atoms with Crippen LogP contribution in [0.15, 0.2) is 17.0 Å². The van der Waals surface area contributed by atoms with E-state index >= 15 is 0 Å². The molecule has 0 fully saturated rings. The standard InChI is InChI=1S/C13H18F2N2O3S/c1-7(2)6-8(3)17-13(18)11-9(14)4-5-10(12(11)15)21(16,19)20/h4-5,7-8H,6H2,1-3H3,(H,17,18)(H2,16,19,20). The second kappa shape index (κ2) is 6.48. The molecule has 1 atom stereocenters. The molecule has 3 N–H and O–H groups in total. The van der Waals surface area contributed by atoms with Gasteiger partial charge in [-0.3, -0.25) is 4.79 Å². The number of carbonyl (C=O) groups is 1. The molecule has 0 radical (unpaired) electrons. The largest absolute Gasteiger partial charge is 0.349 e. The van der Waals surface area contributed by atoms with Gasteiger partial charge in [-0.15, -0.1) is 0 Å². The number of primary sulfonamides is 1. The number of amides is 1. The second-order valence-corrected chi connectivity index (χ2v) is 6.81. The van der Waals surface area contributed by atoms with Crippen LogP contribution in [0.3, 0.4) is 0 Å². The van der Waals surface area contributed by atoms with Gasteiger partial charge in [0.2, 0.25) is 10.0 Å². The van der Waals surface area contributed by atoms with E-state index in [0.717, 1.165) is 0 Å². The third-order valence-electron chi connectivity index (χ3n) is 2.79. The van der Waals surface area contributed by atoms with Gasteiger partial charge < -0.3 is 5.32 Å². The zero-order chi connectivity index (χ0) is 16.4. The SMILES string of the molecule is CC(C)CC(C)NC(=O)c1c(F)ccc(S(N)(=O)=O)c1F. The molecule has 1 aromatic carbocycles. The van der Waals surface area contributed by atoms with E-state index in [1.165, 1.54) is 0 Å². The number of hydrogen-bond acceptors (Lipinski definition) is 3. The van der Waals surface area contributed by atoms with Crippen molar-refractivity contribution in [3.63, 3.8) is 0 Å². The first-order valence-electron chi connectivity index (χ1n) is 6.35. The molecule has 21 heavy (non-hydrogen) atoms. The fourth-order valence-electron chi connectivity index (χ4n) is 2.02. The highest BCUT2D eigenvalue weighted by atomic mass is 32.2. The van der Waals surface area contributed by atoms with Crippen molar-refractivity contribution in [2.75, 3.05) is 0 Å². The summed E-state index contributed by atoms with van der Waals surface area (Å²) in [5, 5.41) is 7.26. The molecule has 1 unspecified atom stereocenters. The van der Waals surface area contributed by atoms with Crippen molar-refractivity contribution < 1.29 is 22.0 Å². The molecule has 0 heterocycles. The average Bonchev–Trinajstić information content (AvgIpc) is 2.25. The number of nitrogens with two attached hydrogens (primary N) is 1. The molecule has 0 saturated carbocycles. The van der Waals surface area contributed by atoms with Crippen molar-refractivity contribution in [1.29, 1.82) is 0 Å². The van der Waals surface area contributed by atoms with Crippen LogP contribution in [0, 0.1) is 17.6 Å². The maximum absolute atomic E-state index is 14.0. The minimum Gasteiger partial charge on any atom is -0.349 e. The molecule has 0 aliphatic heterocycles. The Morgan fingerprint density at radius 3 is 2.33 bits per heavy atom. The number of benzene rings is 1. The van der Waals surface area contributed by atoms with Crippen LogP contribution in [0.25, 0.3) is 0 Å². The van der Waals surface area contributed by atoms with Gasteiger partial charge in [-0.05, 0) is 31.4 Å². The van der Waals surface area contributed by atoms with Crippen molar-refractivity contribution in [3.05, 3.63) is 29.3 Å². The van der Waals surface area contributed by atoms with Crippen LogP contribution < -0.4 is 10.5 Å². The molecular weight excluding hydrogens is 302 g/mol. The summed E-state index contributed by atoms with van der Waals surface area (Å²) in [5.41, 5.74) is -0.947. The summed E-state index contributed by atoms with van der Waals surface area (Å²) < 4.78 is 50.1. The molecule has 0 aromatic heterocycles. The van der Waals surface area contributed by atoms with E-state index in [0.29, 0.717) is 18.6 Å². The first-order valence-corrected chi connectivity index (χ1v) is 7.90. The van der Waals surface area contributed by atoms with Gasteiger partial charge in [0, 0.05) is 6.04 Å². The first-order chi connectivity index (χ1) is 9.54. The molecule has 0 aliphatic rings. The minimum atomic E-state index is -4.38. The lowest BCUT2D eigenvalue weighted by Crippen LogP contribution is -2.35. The maximum Gasteiger partial charge on any atom is 0.257 e. The summed E-state index contributed by atoms with van der Waals surface area (Å²) >= 11 is 0. The van der Waals surface area contributed by atoms with E-state index in [1.54, 1.807) is 6.92 Å². The molecule has 1 aromatic rings. The van der Waals surface area contributed by atoms with Crippen LogP contribution in [0.2, 0.25) is 0 Å². The predicted octanol–water partition coefficient (Wildman–Crippen LogP) is 1.78. The third-order valence-corrected chi connectivity index (χ3v) is 3.72. The molecule has 5 nitrogen and oxygen atoms in total. The molecule has 0 aliphatic carbocycles.